The monoisotopic (exact) mass is 489 g/mol. The zero-order valence-corrected chi connectivity index (χ0v) is 21.3. The molecule has 176 valence electrons. The van der Waals surface area contributed by atoms with Crippen molar-refractivity contribution in [3.8, 4) is 17.6 Å². The van der Waals surface area contributed by atoms with Gasteiger partial charge in [-0.3, -0.25) is 4.79 Å². The standard InChI is InChI=1S/C24H28FNO5SSi/c1-24(2,3)33(4,5)30-10-11-32(28,29)22-9-8-21(19-6-7-20(27)23(19)22)31-18-13-16(15-26)12-17(25)14-18/h8-9,12-14H,6-7,10-11H2,1-5H3. The van der Waals surface area contributed by atoms with Gasteiger partial charge < -0.3 is 9.16 Å². The highest BCUT2D eigenvalue weighted by molar-refractivity contribution is 7.91. The number of nitriles is 1. The molecular weight excluding hydrogens is 461 g/mol. The highest BCUT2D eigenvalue weighted by atomic mass is 32.2. The van der Waals surface area contributed by atoms with Crippen LogP contribution in [0.4, 0.5) is 4.39 Å². The van der Waals surface area contributed by atoms with E-state index in [1.165, 1.54) is 18.2 Å². The number of benzene rings is 2. The lowest BCUT2D eigenvalue weighted by Gasteiger charge is -2.36. The molecule has 9 heteroatoms. The number of ether oxygens (including phenoxy) is 1. The van der Waals surface area contributed by atoms with Crippen molar-refractivity contribution in [2.24, 2.45) is 0 Å². The van der Waals surface area contributed by atoms with E-state index in [9.17, 15) is 17.6 Å². The first-order valence-corrected chi connectivity index (χ1v) is 15.3. The van der Waals surface area contributed by atoms with Gasteiger partial charge in [0, 0.05) is 30.2 Å². The Balaban J connectivity index is 1.89. The van der Waals surface area contributed by atoms with Crippen LogP contribution in [0.1, 0.15) is 48.7 Å². The average Bonchev–Trinajstić information content (AvgIpc) is 3.08. The van der Waals surface area contributed by atoms with Gasteiger partial charge in [0.25, 0.3) is 0 Å². The molecule has 0 unspecified atom stereocenters. The molecule has 0 saturated heterocycles. The maximum Gasteiger partial charge on any atom is 0.192 e. The van der Waals surface area contributed by atoms with Crippen LogP contribution in [-0.4, -0.2) is 34.9 Å². The first kappa shape index (κ1) is 25.1. The van der Waals surface area contributed by atoms with Crippen molar-refractivity contribution in [1.82, 2.24) is 0 Å². The first-order chi connectivity index (χ1) is 15.2. The minimum atomic E-state index is -3.78. The van der Waals surface area contributed by atoms with E-state index >= 15 is 0 Å². The first-order valence-electron chi connectivity index (χ1n) is 10.7. The van der Waals surface area contributed by atoms with Crippen molar-refractivity contribution in [2.75, 3.05) is 12.4 Å². The average molecular weight is 490 g/mol. The Hall–Kier alpha value is -2.54. The minimum absolute atomic E-state index is 0.0249. The smallest absolute Gasteiger partial charge is 0.192 e. The van der Waals surface area contributed by atoms with E-state index < -0.39 is 24.0 Å². The molecule has 0 heterocycles. The summed E-state index contributed by atoms with van der Waals surface area (Å²) in [6.45, 7) is 10.4. The summed E-state index contributed by atoms with van der Waals surface area (Å²) in [5.74, 6) is -0.739. The molecule has 0 amide bonds. The summed E-state index contributed by atoms with van der Waals surface area (Å²) in [6.07, 6.45) is 0.499. The van der Waals surface area contributed by atoms with Crippen LogP contribution in [0.3, 0.4) is 0 Å². The molecule has 0 fully saturated rings. The Morgan fingerprint density at radius 3 is 2.48 bits per heavy atom. The summed E-state index contributed by atoms with van der Waals surface area (Å²) in [7, 11) is -5.88. The number of fused-ring (bicyclic) bond motifs is 1. The summed E-state index contributed by atoms with van der Waals surface area (Å²) in [6, 6.07) is 8.31. The van der Waals surface area contributed by atoms with Crippen LogP contribution in [0, 0.1) is 17.1 Å². The van der Waals surface area contributed by atoms with Crippen molar-refractivity contribution in [2.45, 2.75) is 56.6 Å². The van der Waals surface area contributed by atoms with Crippen molar-refractivity contribution in [3.63, 3.8) is 0 Å². The van der Waals surface area contributed by atoms with Gasteiger partial charge in [0.2, 0.25) is 0 Å². The van der Waals surface area contributed by atoms with Crippen molar-refractivity contribution in [3.05, 3.63) is 52.8 Å². The molecule has 0 spiro atoms. The van der Waals surface area contributed by atoms with Crippen molar-refractivity contribution >= 4 is 23.9 Å². The van der Waals surface area contributed by atoms with Gasteiger partial charge in [0.15, 0.2) is 23.9 Å². The molecule has 2 aromatic rings. The number of hydrogen-bond acceptors (Lipinski definition) is 6. The van der Waals surface area contributed by atoms with Crippen LogP contribution in [0.5, 0.6) is 11.5 Å². The summed E-state index contributed by atoms with van der Waals surface area (Å²) >= 11 is 0. The van der Waals surface area contributed by atoms with E-state index in [0.717, 1.165) is 12.1 Å². The van der Waals surface area contributed by atoms with Crippen LogP contribution >= 0.6 is 0 Å². The molecule has 3 rings (SSSR count). The second-order valence-corrected chi connectivity index (χ2v) is 16.5. The number of Topliss-reactive ketones (excluding diaryl/α,β-unsaturated/α-hetero) is 1. The minimum Gasteiger partial charge on any atom is -0.457 e. The highest BCUT2D eigenvalue weighted by Gasteiger charge is 2.38. The van der Waals surface area contributed by atoms with E-state index in [-0.39, 0.29) is 57.1 Å². The zero-order chi connectivity index (χ0) is 24.6. The lowest BCUT2D eigenvalue weighted by molar-refractivity contribution is 0.0991. The van der Waals surface area contributed by atoms with Gasteiger partial charge in [-0.15, -0.1) is 0 Å². The van der Waals surface area contributed by atoms with Crippen LogP contribution in [0.2, 0.25) is 18.1 Å². The van der Waals surface area contributed by atoms with Gasteiger partial charge in [0.1, 0.15) is 17.3 Å². The molecule has 1 aliphatic carbocycles. The molecule has 0 aliphatic heterocycles. The number of carbonyl (C=O) groups is 1. The van der Waals surface area contributed by atoms with Gasteiger partial charge in [-0.05, 0) is 48.8 Å². The van der Waals surface area contributed by atoms with Crippen molar-refractivity contribution < 1.29 is 26.8 Å². The van der Waals surface area contributed by atoms with Gasteiger partial charge in [0.05, 0.1) is 22.3 Å². The third-order valence-corrected chi connectivity index (χ3v) is 12.5. The molecule has 0 saturated carbocycles. The second-order valence-electron chi connectivity index (χ2n) is 9.66. The van der Waals surface area contributed by atoms with Gasteiger partial charge >= 0.3 is 0 Å². The fourth-order valence-corrected chi connectivity index (χ4v) is 5.96. The Kier molecular flexibility index (Phi) is 6.85. The lowest BCUT2D eigenvalue weighted by Crippen LogP contribution is -2.41. The molecule has 6 nitrogen and oxygen atoms in total. The predicted molar refractivity (Wildman–Crippen MR) is 125 cm³/mol. The highest BCUT2D eigenvalue weighted by Crippen LogP contribution is 2.39. The molecule has 0 radical (unpaired) electrons. The maximum absolute atomic E-state index is 13.8. The van der Waals surface area contributed by atoms with E-state index in [4.69, 9.17) is 14.4 Å². The van der Waals surface area contributed by atoms with Crippen LogP contribution in [0.25, 0.3) is 0 Å². The SMILES string of the molecule is CC(C)(C)[Si](C)(C)OCCS(=O)(=O)c1ccc(Oc2cc(F)cc(C#N)c2)c2c1C(=O)CC2. The quantitative estimate of drug-likeness (QED) is 0.483. The van der Waals surface area contributed by atoms with E-state index in [1.54, 1.807) is 0 Å². The Bertz CT molecular complexity index is 1240. The van der Waals surface area contributed by atoms with E-state index in [0.29, 0.717) is 12.0 Å². The van der Waals surface area contributed by atoms with E-state index in [2.05, 4.69) is 33.9 Å². The number of rotatable bonds is 7. The topological polar surface area (TPSA) is 93.5 Å². The second kappa shape index (κ2) is 9.01. The molecule has 0 N–H and O–H groups in total. The normalized spacial score (nSPS) is 14.2. The Morgan fingerprint density at radius 2 is 1.85 bits per heavy atom. The fraction of sp³-hybridized carbons (Fsp3) is 0.417. The molecule has 2 aromatic carbocycles. The number of nitrogens with zero attached hydrogens (tertiary/aromatic N) is 1. The number of sulfone groups is 1. The molecule has 0 atom stereocenters. The summed E-state index contributed by atoms with van der Waals surface area (Å²) in [5, 5.41) is 9.00. The lowest BCUT2D eigenvalue weighted by atomic mass is 10.1. The fourth-order valence-electron chi connectivity index (χ4n) is 3.43. The van der Waals surface area contributed by atoms with Crippen LogP contribution in [-0.2, 0) is 20.7 Å². The predicted octanol–water partition coefficient (Wildman–Crippen LogP) is 5.41. The number of ketones is 1. The van der Waals surface area contributed by atoms with Gasteiger partial charge in [-0.2, -0.15) is 5.26 Å². The Morgan fingerprint density at radius 1 is 1.15 bits per heavy atom. The number of halogens is 1. The molecule has 1 aliphatic rings. The molecule has 0 aromatic heterocycles. The van der Waals surface area contributed by atoms with Crippen LogP contribution < -0.4 is 4.74 Å². The van der Waals surface area contributed by atoms with Gasteiger partial charge in [-0.25, -0.2) is 12.8 Å². The maximum atomic E-state index is 13.8. The third kappa shape index (κ3) is 5.35. The molecule has 33 heavy (non-hydrogen) atoms. The summed E-state index contributed by atoms with van der Waals surface area (Å²) in [4.78, 5) is 12.6. The summed E-state index contributed by atoms with van der Waals surface area (Å²) < 4.78 is 51.8. The van der Waals surface area contributed by atoms with Gasteiger partial charge in [-0.1, -0.05) is 20.8 Å². The van der Waals surface area contributed by atoms with Crippen LogP contribution in [0.15, 0.2) is 35.2 Å². The van der Waals surface area contributed by atoms with Crippen molar-refractivity contribution in [1.29, 1.82) is 5.26 Å². The number of carbonyl (C=O) groups excluding carboxylic acids is 1. The third-order valence-electron chi connectivity index (χ3n) is 6.30. The largest absolute Gasteiger partial charge is 0.457 e. The molecule has 0 bridgehead atoms. The summed E-state index contributed by atoms with van der Waals surface area (Å²) in [5.41, 5.74) is 0.713. The zero-order valence-electron chi connectivity index (χ0n) is 19.5. The Labute approximate surface area is 195 Å². The van der Waals surface area contributed by atoms with E-state index in [1.807, 2.05) is 6.07 Å². The number of hydrogen-bond donors (Lipinski definition) is 0. The molecular formula is C24H28FNO5SSi.